The van der Waals surface area contributed by atoms with E-state index in [9.17, 15) is 4.79 Å². The number of anilines is 2. The second-order valence-electron chi connectivity index (χ2n) is 3.92. The third-order valence-electron chi connectivity index (χ3n) is 2.35. The van der Waals surface area contributed by atoms with Crippen LogP contribution in [0.4, 0.5) is 11.4 Å². The van der Waals surface area contributed by atoms with Crippen molar-refractivity contribution in [2.75, 3.05) is 17.7 Å². The summed E-state index contributed by atoms with van der Waals surface area (Å²) in [6.45, 7) is -0.0730. The Balaban J connectivity index is 1.86. The molecule has 0 aliphatic carbocycles. The van der Waals surface area contributed by atoms with Gasteiger partial charge in [-0.3, -0.25) is 4.79 Å². The molecule has 4 nitrogen and oxygen atoms in total. The van der Waals surface area contributed by atoms with E-state index < -0.39 is 0 Å². The SMILES string of the molecule is Nc1cccc(NC(=O)COc2ccc(Cl)cc2)c1. The number of hydrogen-bond acceptors (Lipinski definition) is 3. The summed E-state index contributed by atoms with van der Waals surface area (Å²) < 4.78 is 5.32. The van der Waals surface area contributed by atoms with Crippen LogP contribution in [0, 0.1) is 0 Å². The maximum absolute atomic E-state index is 11.7. The zero-order chi connectivity index (χ0) is 13.7. The minimum absolute atomic E-state index is 0.0730. The van der Waals surface area contributed by atoms with Gasteiger partial charge in [-0.05, 0) is 42.5 Å². The van der Waals surface area contributed by atoms with Gasteiger partial charge in [-0.15, -0.1) is 0 Å². The number of halogens is 1. The lowest BCUT2D eigenvalue weighted by molar-refractivity contribution is -0.118. The van der Waals surface area contributed by atoms with Gasteiger partial charge in [-0.1, -0.05) is 17.7 Å². The van der Waals surface area contributed by atoms with Crippen LogP contribution in [0.25, 0.3) is 0 Å². The number of benzene rings is 2. The molecule has 0 aliphatic heterocycles. The summed E-state index contributed by atoms with van der Waals surface area (Å²) in [5.41, 5.74) is 6.86. The number of nitrogens with one attached hydrogen (secondary N) is 1. The predicted molar refractivity (Wildman–Crippen MR) is 76.4 cm³/mol. The molecule has 0 unspecified atom stereocenters. The lowest BCUT2D eigenvalue weighted by Gasteiger charge is -2.08. The number of ether oxygens (including phenoxy) is 1. The average Bonchev–Trinajstić information content (AvgIpc) is 2.38. The molecule has 19 heavy (non-hydrogen) atoms. The normalized spacial score (nSPS) is 9.95. The number of rotatable bonds is 4. The highest BCUT2D eigenvalue weighted by Gasteiger charge is 2.03. The van der Waals surface area contributed by atoms with E-state index in [1.807, 2.05) is 0 Å². The second kappa shape index (κ2) is 6.11. The standard InChI is InChI=1S/C14H13ClN2O2/c15-10-4-6-13(7-5-10)19-9-14(18)17-12-3-1-2-11(16)8-12/h1-8H,9,16H2,(H,17,18). The summed E-state index contributed by atoms with van der Waals surface area (Å²) in [5.74, 6) is 0.340. The van der Waals surface area contributed by atoms with E-state index in [0.29, 0.717) is 22.1 Å². The zero-order valence-corrected chi connectivity index (χ0v) is 10.9. The smallest absolute Gasteiger partial charge is 0.262 e. The Labute approximate surface area is 116 Å². The Hall–Kier alpha value is -2.20. The molecule has 0 aliphatic rings. The van der Waals surface area contributed by atoms with E-state index in [1.165, 1.54) is 0 Å². The fraction of sp³-hybridized carbons (Fsp3) is 0.0714. The van der Waals surface area contributed by atoms with E-state index in [-0.39, 0.29) is 12.5 Å². The van der Waals surface area contributed by atoms with Crippen LogP contribution in [0.3, 0.4) is 0 Å². The topological polar surface area (TPSA) is 64.3 Å². The molecule has 0 fully saturated rings. The highest BCUT2D eigenvalue weighted by molar-refractivity contribution is 6.30. The minimum Gasteiger partial charge on any atom is -0.484 e. The van der Waals surface area contributed by atoms with Gasteiger partial charge in [-0.25, -0.2) is 0 Å². The molecule has 0 aromatic heterocycles. The lowest BCUT2D eigenvalue weighted by Crippen LogP contribution is -2.20. The first-order valence-corrected chi connectivity index (χ1v) is 6.05. The van der Waals surface area contributed by atoms with Gasteiger partial charge >= 0.3 is 0 Å². The third-order valence-corrected chi connectivity index (χ3v) is 2.61. The molecule has 98 valence electrons. The van der Waals surface area contributed by atoms with Crippen molar-refractivity contribution in [2.24, 2.45) is 0 Å². The van der Waals surface area contributed by atoms with Crippen LogP contribution in [-0.2, 0) is 4.79 Å². The summed E-state index contributed by atoms with van der Waals surface area (Å²) in [6, 6.07) is 13.8. The van der Waals surface area contributed by atoms with Crippen molar-refractivity contribution in [3.8, 4) is 5.75 Å². The first kappa shape index (κ1) is 13.2. The molecule has 2 aromatic carbocycles. The molecular formula is C14H13ClN2O2. The average molecular weight is 277 g/mol. The van der Waals surface area contributed by atoms with Gasteiger partial charge in [0.1, 0.15) is 5.75 Å². The number of carbonyl (C=O) groups excluding carboxylic acids is 1. The Morgan fingerprint density at radius 2 is 1.95 bits per heavy atom. The lowest BCUT2D eigenvalue weighted by atomic mass is 10.3. The first-order valence-electron chi connectivity index (χ1n) is 5.67. The molecule has 0 radical (unpaired) electrons. The maximum atomic E-state index is 11.7. The summed E-state index contributed by atoms with van der Waals surface area (Å²) in [6.07, 6.45) is 0. The molecule has 2 aromatic rings. The van der Waals surface area contributed by atoms with Gasteiger partial charge in [0.25, 0.3) is 5.91 Å². The molecule has 5 heteroatoms. The zero-order valence-electron chi connectivity index (χ0n) is 10.1. The first-order chi connectivity index (χ1) is 9.13. The molecule has 3 N–H and O–H groups in total. The maximum Gasteiger partial charge on any atom is 0.262 e. The van der Waals surface area contributed by atoms with Gasteiger partial charge < -0.3 is 15.8 Å². The predicted octanol–water partition coefficient (Wildman–Crippen LogP) is 2.94. The fourth-order valence-corrected chi connectivity index (χ4v) is 1.62. The molecule has 0 spiro atoms. The Morgan fingerprint density at radius 3 is 2.63 bits per heavy atom. The summed E-state index contributed by atoms with van der Waals surface area (Å²) in [5, 5.41) is 3.32. The van der Waals surface area contributed by atoms with Crippen molar-refractivity contribution >= 4 is 28.9 Å². The van der Waals surface area contributed by atoms with Crippen LogP contribution in [-0.4, -0.2) is 12.5 Å². The quantitative estimate of drug-likeness (QED) is 0.844. The van der Waals surface area contributed by atoms with Crippen LogP contribution in [0.1, 0.15) is 0 Å². The van der Waals surface area contributed by atoms with Crippen LogP contribution in [0.5, 0.6) is 5.75 Å². The second-order valence-corrected chi connectivity index (χ2v) is 4.35. The Kier molecular flexibility index (Phi) is 4.26. The van der Waals surface area contributed by atoms with Gasteiger partial charge in [0, 0.05) is 16.4 Å². The van der Waals surface area contributed by atoms with Crippen LogP contribution in [0.15, 0.2) is 48.5 Å². The molecule has 2 rings (SSSR count). The van der Waals surface area contributed by atoms with Gasteiger partial charge in [0.05, 0.1) is 0 Å². The van der Waals surface area contributed by atoms with E-state index in [1.54, 1.807) is 48.5 Å². The molecule has 0 heterocycles. The van der Waals surface area contributed by atoms with Crippen LogP contribution in [0.2, 0.25) is 5.02 Å². The van der Waals surface area contributed by atoms with E-state index >= 15 is 0 Å². The van der Waals surface area contributed by atoms with Crippen LogP contribution < -0.4 is 15.8 Å². The van der Waals surface area contributed by atoms with E-state index in [4.69, 9.17) is 22.1 Å². The molecule has 0 atom stereocenters. The number of carbonyl (C=O) groups is 1. The molecule has 1 amide bonds. The van der Waals surface area contributed by atoms with Gasteiger partial charge in [-0.2, -0.15) is 0 Å². The number of nitrogen functional groups attached to an aromatic ring is 1. The molecule has 0 saturated heterocycles. The van der Waals surface area contributed by atoms with Crippen molar-refractivity contribution in [3.05, 3.63) is 53.6 Å². The van der Waals surface area contributed by atoms with E-state index in [0.717, 1.165) is 0 Å². The van der Waals surface area contributed by atoms with Gasteiger partial charge in [0.15, 0.2) is 6.61 Å². The number of amides is 1. The van der Waals surface area contributed by atoms with Gasteiger partial charge in [0.2, 0.25) is 0 Å². The molecule has 0 bridgehead atoms. The van der Waals surface area contributed by atoms with Crippen molar-refractivity contribution in [2.45, 2.75) is 0 Å². The summed E-state index contributed by atoms with van der Waals surface area (Å²) in [7, 11) is 0. The largest absolute Gasteiger partial charge is 0.484 e. The third kappa shape index (κ3) is 4.19. The molecule has 0 saturated carbocycles. The Bertz CT molecular complexity index is 570. The highest BCUT2D eigenvalue weighted by atomic mass is 35.5. The number of hydrogen-bond donors (Lipinski definition) is 2. The van der Waals surface area contributed by atoms with Crippen molar-refractivity contribution in [1.29, 1.82) is 0 Å². The minimum atomic E-state index is -0.249. The summed E-state index contributed by atoms with van der Waals surface area (Å²) in [4.78, 5) is 11.7. The van der Waals surface area contributed by atoms with Crippen molar-refractivity contribution in [1.82, 2.24) is 0 Å². The number of nitrogens with two attached hydrogens (primary N) is 1. The highest BCUT2D eigenvalue weighted by Crippen LogP contribution is 2.16. The van der Waals surface area contributed by atoms with Crippen LogP contribution >= 0.6 is 11.6 Å². The summed E-state index contributed by atoms with van der Waals surface area (Å²) >= 11 is 5.75. The monoisotopic (exact) mass is 276 g/mol. The fourth-order valence-electron chi connectivity index (χ4n) is 1.49. The van der Waals surface area contributed by atoms with Crippen molar-refractivity contribution < 1.29 is 9.53 Å². The Morgan fingerprint density at radius 1 is 1.21 bits per heavy atom. The van der Waals surface area contributed by atoms with Crippen molar-refractivity contribution in [3.63, 3.8) is 0 Å². The van der Waals surface area contributed by atoms with E-state index in [2.05, 4.69) is 5.32 Å². The molecular weight excluding hydrogens is 264 g/mol.